The number of hydrogen-bond donors (Lipinski definition) is 2. The summed E-state index contributed by atoms with van der Waals surface area (Å²) >= 11 is 0. The van der Waals surface area contributed by atoms with Gasteiger partial charge in [-0.2, -0.15) is 0 Å². The standard InChI is InChI=1S/C17H25NO4/c1-3-5-9-15(17(20)21)18-16(19)12-13-7-6-8-14(11-13)22-10-4-2/h6-8,11,15H,3-5,9-10,12H2,1-2H3,(H,18,19)(H,20,21)/t15-/m0/s1. The van der Waals surface area contributed by atoms with Gasteiger partial charge in [0.15, 0.2) is 0 Å². The first-order valence-corrected chi connectivity index (χ1v) is 7.80. The van der Waals surface area contributed by atoms with Gasteiger partial charge in [-0.1, -0.05) is 38.8 Å². The van der Waals surface area contributed by atoms with Gasteiger partial charge < -0.3 is 15.2 Å². The Balaban J connectivity index is 2.57. The first-order valence-electron chi connectivity index (χ1n) is 7.80. The zero-order valence-electron chi connectivity index (χ0n) is 13.3. The van der Waals surface area contributed by atoms with Gasteiger partial charge in [-0.25, -0.2) is 4.79 Å². The Kier molecular flexibility index (Phi) is 8.04. The van der Waals surface area contributed by atoms with Crippen molar-refractivity contribution in [2.75, 3.05) is 6.61 Å². The van der Waals surface area contributed by atoms with E-state index in [-0.39, 0.29) is 12.3 Å². The van der Waals surface area contributed by atoms with E-state index in [0.29, 0.717) is 13.0 Å². The molecule has 0 saturated carbocycles. The van der Waals surface area contributed by atoms with Crippen LogP contribution in [0.25, 0.3) is 0 Å². The summed E-state index contributed by atoms with van der Waals surface area (Å²) in [6.45, 7) is 4.65. The molecule has 22 heavy (non-hydrogen) atoms. The van der Waals surface area contributed by atoms with Crippen molar-refractivity contribution < 1.29 is 19.4 Å². The van der Waals surface area contributed by atoms with Crippen LogP contribution in [0.5, 0.6) is 5.75 Å². The van der Waals surface area contributed by atoms with Crippen molar-refractivity contribution >= 4 is 11.9 Å². The Morgan fingerprint density at radius 3 is 2.68 bits per heavy atom. The highest BCUT2D eigenvalue weighted by Crippen LogP contribution is 2.14. The molecule has 1 amide bonds. The number of amides is 1. The van der Waals surface area contributed by atoms with Crippen LogP contribution in [0.2, 0.25) is 0 Å². The number of ether oxygens (including phenoxy) is 1. The zero-order valence-corrected chi connectivity index (χ0v) is 13.3. The molecule has 0 bridgehead atoms. The summed E-state index contributed by atoms with van der Waals surface area (Å²) in [6.07, 6.45) is 3.20. The van der Waals surface area contributed by atoms with Gasteiger partial charge in [0.25, 0.3) is 0 Å². The van der Waals surface area contributed by atoms with E-state index in [1.165, 1.54) is 0 Å². The minimum atomic E-state index is -0.984. The van der Waals surface area contributed by atoms with Gasteiger partial charge in [0.1, 0.15) is 11.8 Å². The maximum Gasteiger partial charge on any atom is 0.326 e. The van der Waals surface area contributed by atoms with Crippen LogP contribution in [0, 0.1) is 0 Å². The largest absolute Gasteiger partial charge is 0.494 e. The number of carbonyl (C=O) groups excluding carboxylic acids is 1. The minimum absolute atomic E-state index is 0.152. The highest BCUT2D eigenvalue weighted by Gasteiger charge is 2.19. The fraction of sp³-hybridized carbons (Fsp3) is 0.529. The molecule has 0 saturated heterocycles. The van der Waals surface area contributed by atoms with E-state index in [0.717, 1.165) is 30.6 Å². The molecular formula is C17H25NO4. The maximum atomic E-state index is 12.0. The number of benzene rings is 1. The molecule has 0 spiro atoms. The first-order chi connectivity index (χ1) is 10.6. The smallest absolute Gasteiger partial charge is 0.326 e. The van der Waals surface area contributed by atoms with Gasteiger partial charge in [0, 0.05) is 0 Å². The number of unbranched alkanes of at least 4 members (excludes halogenated alkanes) is 1. The van der Waals surface area contributed by atoms with Crippen molar-refractivity contribution in [2.24, 2.45) is 0 Å². The molecule has 5 nitrogen and oxygen atoms in total. The van der Waals surface area contributed by atoms with Crippen molar-refractivity contribution in [3.8, 4) is 5.75 Å². The van der Waals surface area contributed by atoms with Crippen LogP contribution in [0.4, 0.5) is 0 Å². The highest BCUT2D eigenvalue weighted by atomic mass is 16.5. The molecule has 1 atom stereocenters. The number of carboxylic acid groups (broad SMARTS) is 1. The molecule has 0 aliphatic rings. The topological polar surface area (TPSA) is 75.6 Å². The Labute approximate surface area is 131 Å². The molecule has 1 aromatic rings. The van der Waals surface area contributed by atoms with Crippen molar-refractivity contribution in [1.82, 2.24) is 5.32 Å². The number of rotatable bonds is 10. The quantitative estimate of drug-likeness (QED) is 0.697. The molecule has 0 aliphatic carbocycles. The average molecular weight is 307 g/mol. The summed E-state index contributed by atoms with van der Waals surface area (Å²) in [7, 11) is 0. The Bertz CT molecular complexity index is 487. The van der Waals surface area contributed by atoms with Crippen LogP contribution >= 0.6 is 0 Å². The van der Waals surface area contributed by atoms with Crippen LogP contribution in [0.3, 0.4) is 0 Å². The van der Waals surface area contributed by atoms with E-state index in [1.807, 2.05) is 38.1 Å². The molecule has 1 rings (SSSR count). The third-order valence-electron chi connectivity index (χ3n) is 3.22. The summed E-state index contributed by atoms with van der Waals surface area (Å²) in [6, 6.07) is 6.52. The third-order valence-corrected chi connectivity index (χ3v) is 3.22. The number of carboxylic acids is 1. The molecule has 0 aromatic heterocycles. The van der Waals surface area contributed by atoms with Crippen molar-refractivity contribution in [3.05, 3.63) is 29.8 Å². The summed E-state index contributed by atoms with van der Waals surface area (Å²) in [5.74, 6) is -0.536. The van der Waals surface area contributed by atoms with E-state index < -0.39 is 12.0 Å². The molecule has 0 radical (unpaired) electrons. The third kappa shape index (κ3) is 6.61. The van der Waals surface area contributed by atoms with Crippen LogP contribution in [-0.4, -0.2) is 29.6 Å². The zero-order chi connectivity index (χ0) is 16.4. The van der Waals surface area contributed by atoms with Gasteiger partial charge in [-0.3, -0.25) is 4.79 Å². The Hall–Kier alpha value is -2.04. The molecular weight excluding hydrogens is 282 g/mol. The van der Waals surface area contributed by atoms with Gasteiger partial charge in [0.2, 0.25) is 5.91 Å². The van der Waals surface area contributed by atoms with Gasteiger partial charge in [0.05, 0.1) is 13.0 Å². The molecule has 122 valence electrons. The normalized spacial score (nSPS) is 11.7. The second-order valence-corrected chi connectivity index (χ2v) is 5.27. The van der Waals surface area contributed by atoms with E-state index in [1.54, 1.807) is 0 Å². The van der Waals surface area contributed by atoms with Crippen LogP contribution < -0.4 is 10.1 Å². The van der Waals surface area contributed by atoms with E-state index in [2.05, 4.69) is 5.32 Å². The van der Waals surface area contributed by atoms with Crippen LogP contribution in [-0.2, 0) is 16.0 Å². The SMILES string of the molecule is CCCC[C@H](NC(=O)Cc1cccc(OCCC)c1)C(=O)O. The number of carbonyl (C=O) groups is 2. The van der Waals surface area contributed by atoms with Crippen molar-refractivity contribution in [1.29, 1.82) is 0 Å². The summed E-state index contributed by atoms with van der Waals surface area (Å²) < 4.78 is 5.52. The predicted molar refractivity (Wildman–Crippen MR) is 85.0 cm³/mol. The number of aliphatic carboxylic acids is 1. The minimum Gasteiger partial charge on any atom is -0.494 e. The molecule has 2 N–H and O–H groups in total. The predicted octanol–water partition coefficient (Wildman–Crippen LogP) is 2.78. The highest BCUT2D eigenvalue weighted by molar-refractivity contribution is 5.84. The monoisotopic (exact) mass is 307 g/mol. The fourth-order valence-corrected chi connectivity index (χ4v) is 2.06. The van der Waals surface area contributed by atoms with Gasteiger partial charge >= 0.3 is 5.97 Å². The van der Waals surface area contributed by atoms with E-state index >= 15 is 0 Å². The molecule has 0 aliphatic heterocycles. The Morgan fingerprint density at radius 1 is 1.27 bits per heavy atom. The van der Waals surface area contributed by atoms with E-state index in [4.69, 9.17) is 9.84 Å². The first kappa shape index (κ1) is 18.0. The lowest BCUT2D eigenvalue weighted by molar-refractivity contribution is -0.142. The molecule has 5 heteroatoms. The lowest BCUT2D eigenvalue weighted by atomic mass is 10.1. The Morgan fingerprint density at radius 2 is 2.05 bits per heavy atom. The second-order valence-electron chi connectivity index (χ2n) is 5.27. The summed E-state index contributed by atoms with van der Waals surface area (Å²) in [4.78, 5) is 23.1. The molecule has 0 heterocycles. The lowest BCUT2D eigenvalue weighted by Gasteiger charge is -2.14. The average Bonchev–Trinajstić information content (AvgIpc) is 2.49. The second kappa shape index (κ2) is 9.82. The van der Waals surface area contributed by atoms with Crippen molar-refractivity contribution in [3.63, 3.8) is 0 Å². The summed E-state index contributed by atoms with van der Waals surface area (Å²) in [5.41, 5.74) is 0.811. The van der Waals surface area contributed by atoms with Gasteiger partial charge in [-0.15, -0.1) is 0 Å². The maximum absolute atomic E-state index is 12.0. The van der Waals surface area contributed by atoms with Crippen LogP contribution in [0.1, 0.15) is 45.1 Å². The fourth-order valence-electron chi connectivity index (χ4n) is 2.06. The van der Waals surface area contributed by atoms with Crippen molar-refractivity contribution in [2.45, 2.75) is 52.0 Å². The van der Waals surface area contributed by atoms with Gasteiger partial charge in [-0.05, 0) is 30.5 Å². The van der Waals surface area contributed by atoms with Crippen LogP contribution in [0.15, 0.2) is 24.3 Å². The molecule has 0 fully saturated rings. The number of nitrogens with one attached hydrogen (secondary N) is 1. The number of hydrogen-bond acceptors (Lipinski definition) is 3. The molecule has 1 aromatic carbocycles. The lowest BCUT2D eigenvalue weighted by Crippen LogP contribution is -2.41. The molecule has 0 unspecified atom stereocenters. The summed E-state index contributed by atoms with van der Waals surface area (Å²) in [5, 5.41) is 11.7. The van der Waals surface area contributed by atoms with E-state index in [9.17, 15) is 9.59 Å².